The zero-order chi connectivity index (χ0) is 47.0. The number of nitro benzene ring substituents is 1. The first-order valence-corrected chi connectivity index (χ1v) is 23.0. The number of nitrogens with zero attached hydrogens (tertiary/aromatic N) is 4. The van der Waals surface area contributed by atoms with Gasteiger partial charge in [0.25, 0.3) is 11.6 Å². The number of piperidine rings is 1. The molecule has 3 amide bonds. The van der Waals surface area contributed by atoms with Crippen molar-refractivity contribution < 1.29 is 54.8 Å². The van der Waals surface area contributed by atoms with E-state index in [9.17, 15) is 46.1 Å². The third-order valence-electron chi connectivity index (χ3n) is 12.7. The number of fused-ring (bicyclic) bond motifs is 1. The number of hydrogen-bond acceptors (Lipinski definition) is 11. The number of carbonyl (C=O) groups excluding carboxylic acids is 3. The molecule has 2 aliphatic carbocycles. The molecule has 1 unspecified atom stereocenters. The van der Waals surface area contributed by atoms with Gasteiger partial charge in [0.1, 0.15) is 41.6 Å². The van der Waals surface area contributed by atoms with Gasteiger partial charge >= 0.3 is 12.3 Å². The van der Waals surface area contributed by atoms with Crippen LogP contribution in [0.15, 0.2) is 83.9 Å². The Bertz CT molecular complexity index is 2570. The maximum Gasteiger partial charge on any atom is 0.410 e. The maximum atomic E-state index is 16.3. The van der Waals surface area contributed by atoms with Crippen molar-refractivity contribution in [2.75, 3.05) is 25.0 Å². The minimum Gasteiger partial charge on any atom is -0.487 e. The lowest BCUT2D eigenvalue weighted by atomic mass is 9.80. The molecule has 3 atom stereocenters. The number of anilines is 1. The van der Waals surface area contributed by atoms with Crippen LogP contribution in [0, 0.1) is 33.7 Å². The van der Waals surface area contributed by atoms with Crippen LogP contribution in [0.2, 0.25) is 0 Å². The molecule has 352 valence electrons. The zero-order valence-electron chi connectivity index (χ0n) is 35.6. The van der Waals surface area contributed by atoms with E-state index in [-0.39, 0.29) is 79.4 Å². The largest absolute Gasteiger partial charge is 0.487 e. The van der Waals surface area contributed by atoms with Crippen LogP contribution < -0.4 is 25.4 Å². The Hall–Kier alpha value is -6.13. The molecular weight excluding hydrogens is 893 g/mol. The molecule has 3 heterocycles. The fourth-order valence-corrected chi connectivity index (χ4v) is 10.4. The molecule has 0 bridgehead atoms. The average Bonchev–Trinajstić information content (AvgIpc) is 4.24. The molecule has 2 aliphatic heterocycles. The Kier molecular flexibility index (Phi) is 13.1. The van der Waals surface area contributed by atoms with E-state index in [4.69, 9.17) is 9.47 Å². The number of amides is 3. The number of alkyl halides is 3. The first-order valence-electron chi connectivity index (χ1n) is 21.5. The molecule has 8 rings (SSSR count). The van der Waals surface area contributed by atoms with Gasteiger partial charge in [0, 0.05) is 75.9 Å². The molecule has 4 aliphatic rings. The summed E-state index contributed by atoms with van der Waals surface area (Å²) in [6.45, 7) is -0.843. The summed E-state index contributed by atoms with van der Waals surface area (Å²) in [5, 5.41) is 23.9. The first kappa shape index (κ1) is 46.4. The molecule has 1 saturated heterocycles. The number of nitro groups is 1. The van der Waals surface area contributed by atoms with Crippen LogP contribution in [-0.2, 0) is 33.2 Å². The van der Waals surface area contributed by atoms with E-state index in [0.717, 1.165) is 55.5 Å². The summed E-state index contributed by atoms with van der Waals surface area (Å²) < 4.78 is 102. The molecule has 1 spiro atoms. The summed E-state index contributed by atoms with van der Waals surface area (Å²) in [6.07, 6.45) is -0.607. The highest BCUT2D eigenvalue weighted by molar-refractivity contribution is 7.89. The second kappa shape index (κ2) is 18.6. The second-order valence-electron chi connectivity index (χ2n) is 17.3. The van der Waals surface area contributed by atoms with Crippen LogP contribution in [0.1, 0.15) is 72.6 Å². The van der Waals surface area contributed by atoms with E-state index < -0.39 is 85.7 Å². The Morgan fingerprint density at radius 1 is 1.00 bits per heavy atom. The number of rotatable bonds is 16. The van der Waals surface area contributed by atoms with E-state index in [1.807, 2.05) is 6.07 Å². The Balaban J connectivity index is 1.06. The van der Waals surface area contributed by atoms with Crippen molar-refractivity contribution in [1.29, 1.82) is 0 Å². The van der Waals surface area contributed by atoms with Crippen LogP contribution in [0.5, 0.6) is 5.75 Å². The van der Waals surface area contributed by atoms with Crippen LogP contribution in [0.3, 0.4) is 0 Å². The number of aromatic nitrogens is 2. The average molecular weight is 941 g/mol. The number of para-hydroxylation sites is 1. The molecule has 22 heteroatoms. The Morgan fingerprint density at radius 3 is 2.29 bits per heavy atom. The quantitative estimate of drug-likeness (QED) is 0.0569. The third kappa shape index (κ3) is 10.4. The minimum atomic E-state index is -5.21. The highest BCUT2D eigenvalue weighted by Crippen LogP contribution is 2.51. The monoisotopic (exact) mass is 940 g/mol. The number of ether oxygens (including phenoxy) is 2. The first-order chi connectivity index (χ1) is 31.4. The number of aryl methyl sites for hydroxylation is 1. The fraction of sp³-hybridized carbons (Fsp3) is 0.455. The van der Waals surface area contributed by atoms with Crippen molar-refractivity contribution in [1.82, 2.24) is 30.0 Å². The van der Waals surface area contributed by atoms with Crippen molar-refractivity contribution in [3.8, 4) is 5.75 Å². The SMILES string of the molecule is Cn1nccc1C(=O)N[C@H](C(=O)Nc1cc2c(cc1F)C(NC[C@H](NS(=O)(=O)c1ccccc1[N+](=O)[O-])C(F)(F)F)CC1(CCN(C(=O)OCc3ccccc3)CC1)O2)C(C1CC1)C1CC1. The summed E-state index contributed by atoms with van der Waals surface area (Å²) in [5.41, 5.74) is -1.33. The lowest BCUT2D eigenvalue weighted by Crippen LogP contribution is -2.55. The zero-order valence-corrected chi connectivity index (χ0v) is 36.4. The number of carbonyl (C=O) groups is 3. The van der Waals surface area contributed by atoms with Gasteiger partial charge in [0.15, 0.2) is 4.90 Å². The van der Waals surface area contributed by atoms with Crippen LogP contribution >= 0.6 is 0 Å². The minimum absolute atomic E-state index is 0.0102. The predicted octanol–water partition coefficient (Wildman–Crippen LogP) is 6.13. The lowest BCUT2D eigenvalue weighted by Gasteiger charge is -2.47. The molecule has 3 aromatic carbocycles. The summed E-state index contributed by atoms with van der Waals surface area (Å²) in [5.74, 6) is -2.02. The molecule has 1 aromatic heterocycles. The van der Waals surface area contributed by atoms with Crippen molar-refractivity contribution >= 4 is 39.3 Å². The number of likely N-dealkylation sites (tertiary alicyclic amines) is 1. The number of sulfonamides is 1. The van der Waals surface area contributed by atoms with Crippen molar-refractivity contribution in [2.45, 2.75) is 86.4 Å². The van der Waals surface area contributed by atoms with E-state index >= 15 is 4.39 Å². The maximum absolute atomic E-state index is 16.3. The number of benzene rings is 3. The smallest absolute Gasteiger partial charge is 0.410 e. The summed E-state index contributed by atoms with van der Waals surface area (Å²) in [4.78, 5) is 51.9. The number of nitrogens with one attached hydrogen (secondary N) is 4. The predicted molar refractivity (Wildman–Crippen MR) is 228 cm³/mol. The van der Waals surface area contributed by atoms with Gasteiger partial charge in [-0.15, -0.1) is 0 Å². The van der Waals surface area contributed by atoms with E-state index in [1.54, 1.807) is 36.0 Å². The molecular formula is C44H48F4N8O9S. The van der Waals surface area contributed by atoms with Gasteiger partial charge in [-0.1, -0.05) is 42.5 Å². The fourth-order valence-electron chi connectivity index (χ4n) is 9.00. The van der Waals surface area contributed by atoms with Crippen molar-refractivity contribution in [2.24, 2.45) is 24.8 Å². The van der Waals surface area contributed by atoms with Gasteiger partial charge in [-0.25, -0.2) is 17.6 Å². The van der Waals surface area contributed by atoms with Gasteiger partial charge in [-0.2, -0.15) is 23.0 Å². The van der Waals surface area contributed by atoms with E-state index in [1.165, 1.54) is 34.0 Å². The normalized spacial score (nSPS) is 19.1. The van der Waals surface area contributed by atoms with Crippen LogP contribution in [-0.4, -0.2) is 89.4 Å². The van der Waals surface area contributed by atoms with Gasteiger partial charge in [-0.05, 0) is 67.2 Å². The summed E-state index contributed by atoms with van der Waals surface area (Å²) in [6, 6.07) is 11.8. The molecule has 3 fully saturated rings. The van der Waals surface area contributed by atoms with E-state index in [2.05, 4.69) is 21.0 Å². The van der Waals surface area contributed by atoms with Gasteiger partial charge in [0.05, 0.1) is 10.6 Å². The van der Waals surface area contributed by atoms with Gasteiger partial charge in [-0.3, -0.25) is 24.4 Å². The third-order valence-corrected chi connectivity index (χ3v) is 14.2. The topological polar surface area (TPSA) is 216 Å². The molecule has 17 nitrogen and oxygen atoms in total. The van der Waals surface area contributed by atoms with Crippen LogP contribution in [0.4, 0.5) is 33.7 Å². The summed E-state index contributed by atoms with van der Waals surface area (Å²) in [7, 11) is -3.53. The molecule has 66 heavy (non-hydrogen) atoms. The lowest BCUT2D eigenvalue weighted by molar-refractivity contribution is -0.387. The Labute approximate surface area is 376 Å². The van der Waals surface area contributed by atoms with Crippen molar-refractivity contribution in [3.63, 3.8) is 0 Å². The molecule has 2 saturated carbocycles. The Morgan fingerprint density at radius 2 is 1.67 bits per heavy atom. The van der Waals surface area contributed by atoms with Gasteiger partial charge < -0.3 is 30.3 Å². The standard InChI is InChI=1S/C44H48F4N8O9S/c1-54-34(15-18-50-54)40(57)52-39(38(27-11-12-27)28-13-14-28)41(58)51-31-22-35-29(21-30(31)45)32(23-43(65-35)16-19-55(20-17-43)42(59)64-25-26-7-3-2-4-8-26)49-24-37(44(46,47)48)53-66(62,63)36-10-6-5-9-33(36)56(60)61/h2-10,15,18,21-22,27-28,32,37-39,49,53H,11-14,16-17,19-20,23-25H2,1H3,(H,51,58)(H,52,57)/t32?,37-,39-/m0/s1. The van der Waals surface area contributed by atoms with Gasteiger partial charge in [0.2, 0.25) is 15.9 Å². The highest BCUT2D eigenvalue weighted by atomic mass is 32.2. The molecule has 4 N–H and O–H groups in total. The second-order valence-corrected chi connectivity index (χ2v) is 19.0. The summed E-state index contributed by atoms with van der Waals surface area (Å²) >= 11 is 0. The van der Waals surface area contributed by atoms with Crippen LogP contribution in [0.25, 0.3) is 0 Å². The molecule has 0 radical (unpaired) electrons. The number of hydrogen-bond donors (Lipinski definition) is 4. The highest BCUT2D eigenvalue weighted by Gasteiger charge is 2.50. The number of halogens is 4. The molecule has 4 aromatic rings. The van der Waals surface area contributed by atoms with E-state index in [0.29, 0.717) is 0 Å². The van der Waals surface area contributed by atoms with Crippen molar-refractivity contribution in [3.05, 3.63) is 112 Å².